The second-order valence-corrected chi connectivity index (χ2v) is 3.03. The molecule has 0 bridgehead atoms. The standard InChI is InChI=1S/C3H7FO4S.Na.H/c4-3(1-5)2-9(6,7)8;;/h3,5H,1-2H2,(H,6,7,8);;/q;+1;-1. The first-order valence-corrected chi connectivity index (χ1v) is 3.76. The molecule has 7 heteroatoms. The third kappa shape index (κ3) is 8.80. The van der Waals surface area contributed by atoms with E-state index >= 15 is 0 Å². The number of hydrogen-bond donors (Lipinski definition) is 2. The van der Waals surface area contributed by atoms with Gasteiger partial charge in [-0.2, -0.15) is 8.42 Å². The van der Waals surface area contributed by atoms with Crippen LogP contribution >= 0.6 is 0 Å². The molecule has 0 saturated heterocycles. The van der Waals surface area contributed by atoms with Crippen LogP contribution in [0.4, 0.5) is 4.39 Å². The average Bonchev–Trinajstić information content (AvgIpc) is 1.62. The molecule has 10 heavy (non-hydrogen) atoms. The third-order valence-corrected chi connectivity index (χ3v) is 1.37. The molecular formula is C3H8FNaO4S. The van der Waals surface area contributed by atoms with Crippen molar-refractivity contribution in [1.29, 1.82) is 0 Å². The van der Waals surface area contributed by atoms with Crippen molar-refractivity contribution in [2.45, 2.75) is 6.17 Å². The maximum atomic E-state index is 11.8. The van der Waals surface area contributed by atoms with Crippen LogP contribution < -0.4 is 29.6 Å². The van der Waals surface area contributed by atoms with Crippen LogP contribution in [0.2, 0.25) is 0 Å². The fraction of sp³-hybridized carbons (Fsp3) is 1.00. The van der Waals surface area contributed by atoms with Crippen LogP contribution in [0.1, 0.15) is 1.43 Å². The van der Waals surface area contributed by atoms with Crippen LogP contribution in [0.5, 0.6) is 0 Å². The Kier molecular flexibility index (Phi) is 7.30. The maximum absolute atomic E-state index is 11.8. The number of hydrogen-bond acceptors (Lipinski definition) is 3. The van der Waals surface area contributed by atoms with Crippen LogP contribution in [0.15, 0.2) is 0 Å². The number of aliphatic hydroxyl groups is 1. The largest absolute Gasteiger partial charge is 1.00 e. The van der Waals surface area contributed by atoms with Gasteiger partial charge in [0, 0.05) is 0 Å². The first-order valence-electron chi connectivity index (χ1n) is 2.16. The minimum atomic E-state index is -4.27. The minimum absolute atomic E-state index is 0. The molecule has 0 amide bonds. The van der Waals surface area contributed by atoms with E-state index in [1.165, 1.54) is 0 Å². The van der Waals surface area contributed by atoms with Crippen molar-refractivity contribution in [2.24, 2.45) is 0 Å². The summed E-state index contributed by atoms with van der Waals surface area (Å²) in [7, 11) is -4.27. The minimum Gasteiger partial charge on any atom is -1.00 e. The molecule has 0 rings (SSSR count). The van der Waals surface area contributed by atoms with Gasteiger partial charge in [-0.3, -0.25) is 4.55 Å². The van der Waals surface area contributed by atoms with Gasteiger partial charge in [0.1, 0.15) is 11.9 Å². The smallest absolute Gasteiger partial charge is 1.00 e. The molecule has 0 aromatic heterocycles. The van der Waals surface area contributed by atoms with Crippen LogP contribution in [0.3, 0.4) is 0 Å². The molecule has 0 radical (unpaired) electrons. The molecule has 1 unspecified atom stereocenters. The zero-order valence-corrected chi connectivity index (χ0v) is 8.31. The van der Waals surface area contributed by atoms with E-state index in [9.17, 15) is 12.8 Å². The van der Waals surface area contributed by atoms with Crippen molar-refractivity contribution >= 4 is 10.1 Å². The van der Waals surface area contributed by atoms with Crippen LogP contribution in [-0.4, -0.2) is 36.6 Å². The molecule has 0 saturated carbocycles. The summed E-state index contributed by atoms with van der Waals surface area (Å²) in [6, 6.07) is 0. The monoisotopic (exact) mass is 182 g/mol. The summed E-state index contributed by atoms with van der Waals surface area (Å²) in [6.45, 7) is -0.889. The molecule has 0 aromatic rings. The molecule has 1 atom stereocenters. The molecule has 0 fully saturated rings. The summed E-state index contributed by atoms with van der Waals surface area (Å²) in [5.41, 5.74) is 0. The third-order valence-electron chi connectivity index (χ3n) is 0.590. The molecule has 4 nitrogen and oxygen atoms in total. The van der Waals surface area contributed by atoms with Gasteiger partial charge < -0.3 is 6.53 Å². The Bertz CT molecular complexity index is 172. The van der Waals surface area contributed by atoms with E-state index in [1.54, 1.807) is 0 Å². The van der Waals surface area contributed by atoms with Crippen LogP contribution in [-0.2, 0) is 10.1 Å². The Labute approximate surface area is 82.0 Å². The quantitative estimate of drug-likeness (QED) is 0.348. The van der Waals surface area contributed by atoms with Crippen molar-refractivity contribution in [3.63, 3.8) is 0 Å². The summed E-state index contributed by atoms with van der Waals surface area (Å²) < 4.78 is 39.4. The van der Waals surface area contributed by atoms with E-state index in [0.29, 0.717) is 0 Å². The molecule has 58 valence electrons. The van der Waals surface area contributed by atoms with Crippen molar-refractivity contribution in [3.8, 4) is 0 Å². The zero-order chi connectivity index (χ0) is 7.49. The van der Waals surface area contributed by atoms with E-state index in [1.807, 2.05) is 0 Å². The second kappa shape index (κ2) is 5.45. The van der Waals surface area contributed by atoms with Gasteiger partial charge in [0.25, 0.3) is 10.1 Å². The molecule has 2 N–H and O–H groups in total. The fourth-order valence-corrected chi connectivity index (χ4v) is 0.844. The summed E-state index contributed by atoms with van der Waals surface area (Å²) in [6.07, 6.45) is -1.89. The van der Waals surface area contributed by atoms with Gasteiger partial charge in [-0.25, -0.2) is 4.39 Å². The number of alkyl halides is 1. The first kappa shape index (κ1) is 13.4. The predicted octanol–water partition coefficient (Wildman–Crippen LogP) is -3.68. The first-order chi connectivity index (χ1) is 3.95. The van der Waals surface area contributed by atoms with Crippen molar-refractivity contribution in [2.75, 3.05) is 12.4 Å². The number of aliphatic hydroxyl groups excluding tert-OH is 1. The van der Waals surface area contributed by atoms with Gasteiger partial charge in [-0.15, -0.1) is 0 Å². The average molecular weight is 182 g/mol. The normalized spacial score (nSPS) is 13.9. The SMILES string of the molecule is O=S(=O)(O)CC(F)CO.[H-].[Na+]. The van der Waals surface area contributed by atoms with E-state index in [0.717, 1.165) is 0 Å². The summed E-state index contributed by atoms with van der Waals surface area (Å²) in [4.78, 5) is 0. The summed E-state index contributed by atoms with van der Waals surface area (Å²) in [5.74, 6) is -1.04. The predicted molar refractivity (Wildman–Crippen MR) is 29.5 cm³/mol. The van der Waals surface area contributed by atoms with Gasteiger partial charge >= 0.3 is 29.6 Å². The summed E-state index contributed by atoms with van der Waals surface area (Å²) >= 11 is 0. The Morgan fingerprint density at radius 3 is 2.10 bits per heavy atom. The van der Waals surface area contributed by atoms with Gasteiger partial charge in [0.2, 0.25) is 0 Å². The van der Waals surface area contributed by atoms with Gasteiger partial charge in [0.05, 0.1) is 6.61 Å². The van der Waals surface area contributed by atoms with E-state index in [4.69, 9.17) is 9.66 Å². The Hall–Kier alpha value is 0.800. The molecular weight excluding hydrogens is 174 g/mol. The Morgan fingerprint density at radius 2 is 2.00 bits per heavy atom. The molecule has 0 aliphatic carbocycles. The Morgan fingerprint density at radius 1 is 1.60 bits per heavy atom. The van der Waals surface area contributed by atoms with Gasteiger partial charge in [0.15, 0.2) is 0 Å². The van der Waals surface area contributed by atoms with Crippen molar-refractivity contribution in [3.05, 3.63) is 0 Å². The zero-order valence-electron chi connectivity index (χ0n) is 6.49. The number of halogens is 1. The molecule has 0 spiro atoms. The van der Waals surface area contributed by atoms with Gasteiger partial charge in [-0.1, -0.05) is 0 Å². The van der Waals surface area contributed by atoms with Crippen LogP contribution in [0, 0.1) is 0 Å². The van der Waals surface area contributed by atoms with Gasteiger partial charge in [-0.05, 0) is 0 Å². The van der Waals surface area contributed by atoms with Crippen molar-refractivity contribution < 1.29 is 53.5 Å². The van der Waals surface area contributed by atoms with E-state index in [2.05, 4.69) is 0 Å². The molecule has 0 aliphatic heterocycles. The van der Waals surface area contributed by atoms with Crippen molar-refractivity contribution in [1.82, 2.24) is 0 Å². The molecule has 0 aromatic carbocycles. The molecule has 0 aliphatic rings. The maximum Gasteiger partial charge on any atom is 1.00 e. The van der Waals surface area contributed by atoms with Crippen LogP contribution in [0.25, 0.3) is 0 Å². The van der Waals surface area contributed by atoms with E-state index in [-0.39, 0.29) is 31.0 Å². The summed E-state index contributed by atoms with van der Waals surface area (Å²) in [5, 5.41) is 7.95. The Balaban J connectivity index is -0.000000320. The molecule has 0 heterocycles. The van der Waals surface area contributed by atoms with E-state index < -0.39 is 28.6 Å². The second-order valence-electron chi connectivity index (χ2n) is 1.53. The fourth-order valence-electron chi connectivity index (χ4n) is 0.281. The number of rotatable bonds is 3. The topological polar surface area (TPSA) is 74.6 Å².